The molecule has 0 aliphatic rings. The molecule has 0 radical (unpaired) electrons. The van der Waals surface area contributed by atoms with Crippen molar-refractivity contribution in [2.24, 2.45) is 5.73 Å². The molecule has 0 spiro atoms. The second kappa shape index (κ2) is 5.10. The van der Waals surface area contributed by atoms with Gasteiger partial charge in [0.05, 0.1) is 11.7 Å². The SMILES string of the molecule is CC(C)(C)OC(CN)c1cccc(Br)c1. The molecule has 15 heavy (non-hydrogen) atoms. The van der Waals surface area contributed by atoms with Gasteiger partial charge in [0, 0.05) is 11.0 Å². The number of rotatable bonds is 3. The van der Waals surface area contributed by atoms with Crippen LogP contribution in [0.3, 0.4) is 0 Å². The molecule has 1 atom stereocenters. The molecule has 2 nitrogen and oxygen atoms in total. The topological polar surface area (TPSA) is 35.2 Å². The summed E-state index contributed by atoms with van der Waals surface area (Å²) in [7, 11) is 0. The summed E-state index contributed by atoms with van der Waals surface area (Å²) in [6.45, 7) is 6.60. The minimum Gasteiger partial charge on any atom is -0.367 e. The lowest BCUT2D eigenvalue weighted by Gasteiger charge is -2.27. The van der Waals surface area contributed by atoms with Crippen molar-refractivity contribution in [3.8, 4) is 0 Å². The first-order valence-corrected chi connectivity index (χ1v) is 5.85. The van der Waals surface area contributed by atoms with Crippen LogP contribution in [0.4, 0.5) is 0 Å². The zero-order valence-corrected chi connectivity index (χ0v) is 11.0. The third kappa shape index (κ3) is 4.33. The second-order valence-electron chi connectivity index (χ2n) is 4.51. The van der Waals surface area contributed by atoms with Crippen LogP contribution < -0.4 is 5.73 Å². The summed E-state index contributed by atoms with van der Waals surface area (Å²) in [5, 5.41) is 0. The molecule has 0 heterocycles. The van der Waals surface area contributed by atoms with Gasteiger partial charge in [-0.1, -0.05) is 28.1 Å². The highest BCUT2D eigenvalue weighted by atomic mass is 79.9. The molecule has 0 amide bonds. The van der Waals surface area contributed by atoms with Gasteiger partial charge in [-0.25, -0.2) is 0 Å². The lowest BCUT2D eigenvalue weighted by molar-refractivity contribution is -0.0573. The van der Waals surface area contributed by atoms with Gasteiger partial charge in [-0.3, -0.25) is 0 Å². The molecular weight excluding hydrogens is 254 g/mol. The standard InChI is InChI=1S/C12H18BrNO/c1-12(2,3)15-11(8-14)9-5-4-6-10(13)7-9/h4-7,11H,8,14H2,1-3H3. The van der Waals surface area contributed by atoms with Crippen LogP contribution in [0.2, 0.25) is 0 Å². The van der Waals surface area contributed by atoms with Crippen molar-refractivity contribution in [1.82, 2.24) is 0 Å². The van der Waals surface area contributed by atoms with Crippen LogP contribution in [0.15, 0.2) is 28.7 Å². The number of hydrogen-bond acceptors (Lipinski definition) is 2. The summed E-state index contributed by atoms with van der Waals surface area (Å²) in [5.74, 6) is 0. The fraction of sp³-hybridized carbons (Fsp3) is 0.500. The zero-order chi connectivity index (χ0) is 11.5. The van der Waals surface area contributed by atoms with Gasteiger partial charge >= 0.3 is 0 Å². The quantitative estimate of drug-likeness (QED) is 0.916. The molecule has 3 heteroatoms. The highest BCUT2D eigenvalue weighted by Crippen LogP contribution is 2.24. The Kier molecular flexibility index (Phi) is 4.32. The smallest absolute Gasteiger partial charge is 0.0954 e. The van der Waals surface area contributed by atoms with E-state index >= 15 is 0 Å². The van der Waals surface area contributed by atoms with E-state index in [1.165, 1.54) is 0 Å². The predicted octanol–water partition coefficient (Wildman–Crippen LogP) is 3.26. The molecule has 0 saturated carbocycles. The molecule has 1 rings (SSSR count). The van der Waals surface area contributed by atoms with E-state index < -0.39 is 0 Å². The largest absolute Gasteiger partial charge is 0.367 e. The van der Waals surface area contributed by atoms with E-state index in [0.29, 0.717) is 6.54 Å². The Bertz CT molecular complexity index is 320. The second-order valence-corrected chi connectivity index (χ2v) is 5.43. The maximum Gasteiger partial charge on any atom is 0.0954 e. The van der Waals surface area contributed by atoms with Gasteiger partial charge in [-0.2, -0.15) is 0 Å². The lowest BCUT2D eigenvalue weighted by atomic mass is 10.1. The van der Waals surface area contributed by atoms with Gasteiger partial charge in [0.2, 0.25) is 0 Å². The van der Waals surface area contributed by atoms with Crippen molar-refractivity contribution >= 4 is 15.9 Å². The van der Waals surface area contributed by atoms with Crippen molar-refractivity contribution in [1.29, 1.82) is 0 Å². The van der Waals surface area contributed by atoms with Gasteiger partial charge in [-0.15, -0.1) is 0 Å². The van der Waals surface area contributed by atoms with Gasteiger partial charge in [0.15, 0.2) is 0 Å². The molecule has 0 fully saturated rings. The Hall–Kier alpha value is -0.380. The van der Waals surface area contributed by atoms with E-state index in [4.69, 9.17) is 10.5 Å². The van der Waals surface area contributed by atoms with Crippen LogP contribution in [0.25, 0.3) is 0 Å². The average molecular weight is 272 g/mol. The maximum atomic E-state index is 5.88. The Morgan fingerprint density at radius 1 is 1.40 bits per heavy atom. The van der Waals surface area contributed by atoms with Gasteiger partial charge in [0.25, 0.3) is 0 Å². The van der Waals surface area contributed by atoms with Crippen LogP contribution in [-0.2, 0) is 4.74 Å². The van der Waals surface area contributed by atoms with Crippen LogP contribution in [0, 0.1) is 0 Å². The van der Waals surface area contributed by atoms with Crippen molar-refractivity contribution in [2.45, 2.75) is 32.5 Å². The fourth-order valence-electron chi connectivity index (χ4n) is 1.39. The number of ether oxygens (including phenoxy) is 1. The van der Waals surface area contributed by atoms with E-state index in [1.54, 1.807) is 0 Å². The summed E-state index contributed by atoms with van der Waals surface area (Å²) in [6.07, 6.45) is -0.0394. The monoisotopic (exact) mass is 271 g/mol. The summed E-state index contributed by atoms with van der Waals surface area (Å²) in [5.41, 5.74) is 6.66. The summed E-state index contributed by atoms with van der Waals surface area (Å²) in [6, 6.07) is 8.07. The average Bonchev–Trinajstić information content (AvgIpc) is 2.13. The maximum absolute atomic E-state index is 5.88. The first-order valence-electron chi connectivity index (χ1n) is 5.06. The van der Waals surface area contributed by atoms with Gasteiger partial charge in [0.1, 0.15) is 0 Å². The Morgan fingerprint density at radius 2 is 2.07 bits per heavy atom. The molecule has 0 bridgehead atoms. The van der Waals surface area contributed by atoms with Crippen LogP contribution in [0.1, 0.15) is 32.4 Å². The predicted molar refractivity (Wildman–Crippen MR) is 66.8 cm³/mol. The fourth-order valence-corrected chi connectivity index (χ4v) is 1.80. The van der Waals surface area contributed by atoms with Crippen molar-refractivity contribution in [3.63, 3.8) is 0 Å². The van der Waals surface area contributed by atoms with Gasteiger partial charge < -0.3 is 10.5 Å². The molecule has 1 aromatic rings. The minimum absolute atomic E-state index is 0.0394. The Labute approximate surface area is 99.9 Å². The Morgan fingerprint density at radius 3 is 2.53 bits per heavy atom. The molecule has 0 saturated heterocycles. The molecule has 1 unspecified atom stereocenters. The highest BCUT2D eigenvalue weighted by molar-refractivity contribution is 9.10. The number of nitrogens with two attached hydrogens (primary N) is 1. The molecule has 84 valence electrons. The molecule has 0 aliphatic carbocycles. The third-order valence-corrected chi connectivity index (χ3v) is 2.42. The first kappa shape index (κ1) is 12.7. The minimum atomic E-state index is -0.174. The van der Waals surface area contributed by atoms with Crippen LogP contribution >= 0.6 is 15.9 Å². The third-order valence-electron chi connectivity index (χ3n) is 1.93. The van der Waals surface area contributed by atoms with Crippen LogP contribution in [-0.4, -0.2) is 12.1 Å². The van der Waals surface area contributed by atoms with E-state index in [0.717, 1.165) is 10.0 Å². The number of benzene rings is 1. The van der Waals surface area contributed by atoms with Crippen molar-refractivity contribution in [3.05, 3.63) is 34.3 Å². The summed E-state index contributed by atoms with van der Waals surface area (Å²) < 4.78 is 6.93. The summed E-state index contributed by atoms with van der Waals surface area (Å²) in [4.78, 5) is 0. The Balaban J connectivity index is 2.83. The zero-order valence-electron chi connectivity index (χ0n) is 9.46. The van der Waals surface area contributed by atoms with E-state index in [1.807, 2.05) is 45.0 Å². The first-order chi connectivity index (χ1) is 6.92. The van der Waals surface area contributed by atoms with E-state index in [9.17, 15) is 0 Å². The molecular formula is C12H18BrNO. The van der Waals surface area contributed by atoms with E-state index in [2.05, 4.69) is 15.9 Å². The normalized spacial score (nSPS) is 13.9. The van der Waals surface area contributed by atoms with Crippen molar-refractivity contribution in [2.75, 3.05) is 6.54 Å². The molecule has 0 aliphatic heterocycles. The van der Waals surface area contributed by atoms with Crippen LogP contribution in [0.5, 0.6) is 0 Å². The lowest BCUT2D eigenvalue weighted by Crippen LogP contribution is -2.27. The number of halogens is 1. The van der Waals surface area contributed by atoms with Gasteiger partial charge in [-0.05, 0) is 38.5 Å². The molecule has 0 aromatic heterocycles. The highest BCUT2D eigenvalue weighted by Gasteiger charge is 2.19. The molecule has 1 aromatic carbocycles. The summed E-state index contributed by atoms with van der Waals surface area (Å²) >= 11 is 3.44. The number of hydrogen-bond donors (Lipinski definition) is 1. The molecule has 2 N–H and O–H groups in total. The van der Waals surface area contributed by atoms with Crippen molar-refractivity contribution < 1.29 is 4.74 Å². The van der Waals surface area contributed by atoms with E-state index in [-0.39, 0.29) is 11.7 Å².